The molecule has 52 heavy (non-hydrogen) atoms. The molecule has 1 heterocycles. The lowest BCUT2D eigenvalue weighted by atomic mass is 9.93. The van der Waals surface area contributed by atoms with Gasteiger partial charge in [0, 0.05) is 26.8 Å². The number of anilines is 3. The molecule has 0 unspecified atom stereocenters. The highest BCUT2D eigenvalue weighted by atomic mass is 32.1. The van der Waals surface area contributed by atoms with Gasteiger partial charge in [-0.05, 0) is 110 Å². The van der Waals surface area contributed by atoms with Crippen LogP contribution in [0.3, 0.4) is 0 Å². The predicted molar refractivity (Wildman–Crippen MR) is 225 cm³/mol. The van der Waals surface area contributed by atoms with Gasteiger partial charge >= 0.3 is 0 Å². The van der Waals surface area contributed by atoms with Gasteiger partial charge in [-0.3, -0.25) is 0 Å². The zero-order valence-corrected chi connectivity index (χ0v) is 29.2. The standard InChI is InChI=1S/C50H33NS/c1-2-13-36(14-3-1)47-33-41(31-40-16-6-7-19-44(40)47)35-26-28-42(29-27-35)51(48-22-11-21-46-45-20-8-9-23-49(45)52-50(46)48)43-18-10-17-38(32-43)39-25-24-34-12-4-5-15-37(34)30-39/h1-33H. The maximum Gasteiger partial charge on any atom is 0.0640 e. The average Bonchev–Trinajstić information content (AvgIpc) is 3.61. The van der Waals surface area contributed by atoms with E-state index in [0.29, 0.717) is 0 Å². The van der Waals surface area contributed by atoms with Crippen molar-refractivity contribution < 1.29 is 0 Å². The van der Waals surface area contributed by atoms with E-state index in [1.807, 2.05) is 11.3 Å². The molecule has 244 valence electrons. The van der Waals surface area contributed by atoms with Crippen molar-refractivity contribution in [2.24, 2.45) is 0 Å². The fraction of sp³-hybridized carbons (Fsp3) is 0. The molecule has 10 rings (SSSR count). The first kappa shape index (κ1) is 30.4. The van der Waals surface area contributed by atoms with Gasteiger partial charge in [0.2, 0.25) is 0 Å². The number of hydrogen-bond donors (Lipinski definition) is 0. The van der Waals surface area contributed by atoms with Gasteiger partial charge in [0.1, 0.15) is 0 Å². The van der Waals surface area contributed by atoms with E-state index < -0.39 is 0 Å². The molecule has 0 fully saturated rings. The van der Waals surface area contributed by atoms with Gasteiger partial charge in [-0.2, -0.15) is 0 Å². The second-order valence-electron chi connectivity index (χ2n) is 13.4. The van der Waals surface area contributed by atoms with Gasteiger partial charge in [-0.1, -0.05) is 146 Å². The zero-order chi connectivity index (χ0) is 34.4. The van der Waals surface area contributed by atoms with Gasteiger partial charge in [-0.25, -0.2) is 0 Å². The third kappa shape index (κ3) is 5.33. The lowest BCUT2D eigenvalue weighted by molar-refractivity contribution is 1.30. The van der Waals surface area contributed by atoms with E-state index in [1.54, 1.807) is 0 Å². The summed E-state index contributed by atoms with van der Waals surface area (Å²) < 4.78 is 2.58. The molecule has 0 atom stereocenters. The first-order valence-electron chi connectivity index (χ1n) is 17.8. The number of thiophene rings is 1. The fourth-order valence-corrected chi connectivity index (χ4v) is 8.87. The van der Waals surface area contributed by atoms with Crippen LogP contribution in [0.25, 0.3) is 75.1 Å². The summed E-state index contributed by atoms with van der Waals surface area (Å²) >= 11 is 1.87. The van der Waals surface area contributed by atoms with Crippen LogP contribution in [0.5, 0.6) is 0 Å². The average molecular weight is 680 g/mol. The summed E-state index contributed by atoms with van der Waals surface area (Å²) in [5.41, 5.74) is 10.7. The Bertz CT molecular complexity index is 2900. The SMILES string of the molecule is c1ccc(-c2cc(-c3ccc(N(c4cccc(-c5ccc6ccccc6c5)c4)c4cccc5c4sc4ccccc45)cc3)cc3ccccc23)cc1. The minimum absolute atomic E-state index is 1.12. The molecule has 9 aromatic carbocycles. The van der Waals surface area contributed by atoms with Crippen LogP contribution in [0.15, 0.2) is 200 Å². The molecule has 2 heteroatoms. The molecular weight excluding hydrogens is 647 g/mol. The van der Waals surface area contributed by atoms with Gasteiger partial charge in [-0.15, -0.1) is 11.3 Å². The lowest BCUT2D eigenvalue weighted by Gasteiger charge is -2.27. The van der Waals surface area contributed by atoms with Crippen LogP contribution in [-0.4, -0.2) is 0 Å². The number of hydrogen-bond acceptors (Lipinski definition) is 2. The number of fused-ring (bicyclic) bond motifs is 5. The summed E-state index contributed by atoms with van der Waals surface area (Å²) in [5, 5.41) is 7.60. The summed E-state index contributed by atoms with van der Waals surface area (Å²) in [5.74, 6) is 0. The molecule has 0 saturated heterocycles. The van der Waals surface area contributed by atoms with Crippen LogP contribution < -0.4 is 4.90 Å². The summed E-state index contributed by atoms with van der Waals surface area (Å²) in [7, 11) is 0. The first-order chi connectivity index (χ1) is 25.8. The van der Waals surface area contributed by atoms with Crippen LogP contribution in [0.4, 0.5) is 17.1 Å². The quantitative estimate of drug-likeness (QED) is 0.169. The van der Waals surface area contributed by atoms with Crippen molar-refractivity contribution in [2.75, 3.05) is 4.90 Å². The maximum atomic E-state index is 2.43. The molecule has 0 aliphatic rings. The van der Waals surface area contributed by atoms with Crippen molar-refractivity contribution in [3.8, 4) is 33.4 Å². The van der Waals surface area contributed by atoms with Crippen LogP contribution >= 0.6 is 11.3 Å². The Morgan fingerprint density at radius 3 is 1.83 bits per heavy atom. The summed E-state index contributed by atoms with van der Waals surface area (Å²) in [4.78, 5) is 2.43. The third-order valence-corrected chi connectivity index (χ3v) is 11.4. The Labute approximate surface area is 307 Å². The molecule has 1 aromatic heterocycles. The third-order valence-electron chi connectivity index (χ3n) is 10.2. The lowest BCUT2D eigenvalue weighted by Crippen LogP contribution is -2.10. The highest BCUT2D eigenvalue weighted by Gasteiger charge is 2.19. The molecule has 0 spiro atoms. The molecule has 0 aliphatic carbocycles. The Balaban J connectivity index is 1.13. The highest BCUT2D eigenvalue weighted by Crippen LogP contribution is 2.46. The molecule has 0 bridgehead atoms. The number of rotatable bonds is 6. The topological polar surface area (TPSA) is 3.24 Å². The fourth-order valence-electron chi connectivity index (χ4n) is 7.67. The van der Waals surface area contributed by atoms with E-state index in [9.17, 15) is 0 Å². The van der Waals surface area contributed by atoms with Gasteiger partial charge < -0.3 is 4.90 Å². The molecule has 0 N–H and O–H groups in total. The summed E-state index contributed by atoms with van der Waals surface area (Å²) in [6.45, 7) is 0. The van der Waals surface area contributed by atoms with Crippen molar-refractivity contribution in [1.29, 1.82) is 0 Å². The molecule has 0 radical (unpaired) electrons. The molecule has 0 aliphatic heterocycles. The Morgan fingerprint density at radius 1 is 0.327 bits per heavy atom. The van der Waals surface area contributed by atoms with Crippen LogP contribution in [0.1, 0.15) is 0 Å². The number of nitrogens with zero attached hydrogens (tertiary/aromatic N) is 1. The van der Waals surface area contributed by atoms with Crippen LogP contribution in [0.2, 0.25) is 0 Å². The number of benzene rings is 9. The van der Waals surface area contributed by atoms with Crippen molar-refractivity contribution in [3.05, 3.63) is 200 Å². The minimum atomic E-state index is 1.12. The summed E-state index contributed by atoms with van der Waals surface area (Å²) in [6.07, 6.45) is 0. The Morgan fingerprint density at radius 2 is 0.962 bits per heavy atom. The maximum absolute atomic E-state index is 2.43. The predicted octanol–water partition coefficient (Wildman–Crippen LogP) is 14.8. The van der Waals surface area contributed by atoms with Crippen molar-refractivity contribution in [2.45, 2.75) is 0 Å². The van der Waals surface area contributed by atoms with Crippen LogP contribution in [-0.2, 0) is 0 Å². The zero-order valence-electron chi connectivity index (χ0n) is 28.4. The Kier molecular flexibility index (Phi) is 7.41. The van der Waals surface area contributed by atoms with E-state index in [-0.39, 0.29) is 0 Å². The highest BCUT2D eigenvalue weighted by molar-refractivity contribution is 7.26. The monoisotopic (exact) mass is 679 g/mol. The van der Waals surface area contributed by atoms with Crippen molar-refractivity contribution in [3.63, 3.8) is 0 Å². The van der Waals surface area contributed by atoms with Gasteiger partial charge in [0.05, 0.1) is 10.4 Å². The molecule has 0 saturated carbocycles. The van der Waals surface area contributed by atoms with E-state index in [2.05, 4.69) is 205 Å². The largest absolute Gasteiger partial charge is 0.309 e. The summed E-state index contributed by atoms with van der Waals surface area (Å²) in [6, 6.07) is 73.0. The van der Waals surface area contributed by atoms with E-state index >= 15 is 0 Å². The second-order valence-corrected chi connectivity index (χ2v) is 14.4. The van der Waals surface area contributed by atoms with Crippen molar-refractivity contribution in [1.82, 2.24) is 0 Å². The molecule has 10 aromatic rings. The molecule has 1 nitrogen and oxygen atoms in total. The molecule has 0 amide bonds. The second kappa shape index (κ2) is 12.7. The molecular formula is C50H33NS. The van der Waals surface area contributed by atoms with E-state index in [4.69, 9.17) is 0 Å². The minimum Gasteiger partial charge on any atom is -0.309 e. The Hall–Kier alpha value is -6.48. The van der Waals surface area contributed by atoms with Gasteiger partial charge in [0.25, 0.3) is 0 Å². The van der Waals surface area contributed by atoms with Crippen LogP contribution in [0, 0.1) is 0 Å². The van der Waals surface area contributed by atoms with Gasteiger partial charge in [0.15, 0.2) is 0 Å². The van der Waals surface area contributed by atoms with Crippen molar-refractivity contribution >= 4 is 70.1 Å². The van der Waals surface area contributed by atoms with E-state index in [0.717, 1.165) is 11.4 Å². The van der Waals surface area contributed by atoms with E-state index in [1.165, 1.54) is 80.8 Å². The first-order valence-corrected chi connectivity index (χ1v) is 18.6. The smallest absolute Gasteiger partial charge is 0.0640 e. The normalized spacial score (nSPS) is 11.5.